The van der Waals surface area contributed by atoms with Gasteiger partial charge >= 0.3 is 0 Å². The molecular weight excluding hydrogens is 458 g/mol. The molecule has 0 bridgehead atoms. The molecule has 6 nitrogen and oxygen atoms in total. The average Bonchev–Trinajstić information content (AvgIpc) is 2.84. The molecule has 2 heterocycles. The van der Waals surface area contributed by atoms with Gasteiger partial charge in [0, 0.05) is 67.0 Å². The zero-order chi connectivity index (χ0) is 21.8. The Kier molecular flexibility index (Phi) is 6.80. The second-order valence-corrected chi connectivity index (χ2v) is 9.00. The topological polar surface area (TPSA) is 53.1 Å². The van der Waals surface area contributed by atoms with Crippen LogP contribution in [0.25, 0.3) is 0 Å². The van der Waals surface area contributed by atoms with Gasteiger partial charge in [0.2, 0.25) is 5.91 Å². The summed E-state index contributed by atoms with van der Waals surface area (Å²) in [6, 6.07) is 15.5. The van der Waals surface area contributed by atoms with Crippen molar-refractivity contribution < 1.29 is 14.3 Å². The second kappa shape index (κ2) is 9.73. The fraction of sp³-hybridized carbons (Fsp3) is 0.417. The van der Waals surface area contributed by atoms with Crippen molar-refractivity contribution in [3.8, 4) is 5.75 Å². The summed E-state index contributed by atoms with van der Waals surface area (Å²) in [6.45, 7) is 4.37. The summed E-state index contributed by atoms with van der Waals surface area (Å²) in [5.41, 5.74) is 1.83. The lowest BCUT2D eigenvalue weighted by Crippen LogP contribution is -2.52. The van der Waals surface area contributed by atoms with Gasteiger partial charge in [-0.05, 0) is 49.2 Å². The van der Waals surface area contributed by atoms with Crippen LogP contribution in [0.4, 0.5) is 5.69 Å². The largest absolute Gasteiger partial charge is 0.497 e. The third kappa shape index (κ3) is 5.03. The van der Waals surface area contributed by atoms with Crippen LogP contribution in [0.1, 0.15) is 23.2 Å². The molecule has 2 aromatic rings. The zero-order valence-electron chi connectivity index (χ0n) is 17.8. The Morgan fingerprint density at radius 2 is 1.58 bits per heavy atom. The van der Waals surface area contributed by atoms with Gasteiger partial charge < -0.3 is 19.4 Å². The predicted molar refractivity (Wildman–Crippen MR) is 125 cm³/mol. The Morgan fingerprint density at radius 1 is 0.903 bits per heavy atom. The number of piperidine rings is 1. The van der Waals surface area contributed by atoms with Crippen molar-refractivity contribution in [2.75, 3.05) is 51.3 Å². The smallest absolute Gasteiger partial charge is 0.253 e. The molecule has 2 fully saturated rings. The standard InChI is InChI=1S/C24H28BrN3O3/c1-31-22-4-2-3-21(17-22)26-13-15-28(16-14-26)24(30)19-9-11-27(12-10-19)23(29)18-5-7-20(25)8-6-18/h2-8,17,19H,9-16H2,1H3. The Morgan fingerprint density at radius 3 is 2.23 bits per heavy atom. The van der Waals surface area contributed by atoms with Crippen LogP contribution in [0, 0.1) is 5.92 Å². The minimum atomic E-state index is 0.0114. The van der Waals surface area contributed by atoms with E-state index in [0.29, 0.717) is 18.7 Å². The van der Waals surface area contributed by atoms with E-state index in [0.717, 1.165) is 54.9 Å². The molecule has 7 heteroatoms. The monoisotopic (exact) mass is 485 g/mol. The number of benzene rings is 2. The fourth-order valence-corrected chi connectivity index (χ4v) is 4.62. The van der Waals surface area contributed by atoms with E-state index in [1.165, 1.54) is 0 Å². The van der Waals surface area contributed by atoms with E-state index >= 15 is 0 Å². The highest BCUT2D eigenvalue weighted by molar-refractivity contribution is 9.10. The van der Waals surface area contributed by atoms with Crippen LogP contribution in [0.3, 0.4) is 0 Å². The third-order valence-electron chi connectivity index (χ3n) is 6.23. The highest BCUT2D eigenvalue weighted by atomic mass is 79.9. The maximum absolute atomic E-state index is 13.1. The van der Waals surface area contributed by atoms with Crippen molar-refractivity contribution in [3.05, 3.63) is 58.6 Å². The molecule has 2 aliphatic heterocycles. The summed E-state index contributed by atoms with van der Waals surface area (Å²) in [5.74, 6) is 1.14. The van der Waals surface area contributed by atoms with Crippen LogP contribution in [-0.2, 0) is 4.79 Å². The van der Waals surface area contributed by atoms with E-state index in [1.54, 1.807) is 7.11 Å². The van der Waals surface area contributed by atoms with Crippen molar-refractivity contribution in [3.63, 3.8) is 0 Å². The number of carbonyl (C=O) groups excluding carboxylic acids is 2. The van der Waals surface area contributed by atoms with Crippen molar-refractivity contribution in [1.82, 2.24) is 9.80 Å². The lowest BCUT2D eigenvalue weighted by molar-refractivity contribution is -0.137. The molecule has 0 atom stereocenters. The maximum Gasteiger partial charge on any atom is 0.253 e. The predicted octanol–water partition coefficient (Wildman–Crippen LogP) is 3.66. The van der Waals surface area contributed by atoms with Crippen LogP contribution in [0.2, 0.25) is 0 Å². The molecule has 0 spiro atoms. The van der Waals surface area contributed by atoms with E-state index in [9.17, 15) is 9.59 Å². The number of halogens is 1. The van der Waals surface area contributed by atoms with Gasteiger partial charge in [-0.15, -0.1) is 0 Å². The van der Waals surface area contributed by atoms with Crippen LogP contribution in [0.5, 0.6) is 5.75 Å². The van der Waals surface area contributed by atoms with Gasteiger partial charge in [0.15, 0.2) is 0 Å². The second-order valence-electron chi connectivity index (χ2n) is 8.09. The molecular formula is C24H28BrN3O3. The molecule has 4 rings (SSSR count). The number of rotatable bonds is 4. The number of piperazine rings is 1. The van der Waals surface area contributed by atoms with Gasteiger partial charge in [-0.25, -0.2) is 0 Å². The number of anilines is 1. The number of likely N-dealkylation sites (tertiary alicyclic amines) is 1. The van der Waals surface area contributed by atoms with Crippen molar-refractivity contribution in [2.45, 2.75) is 12.8 Å². The molecule has 31 heavy (non-hydrogen) atoms. The quantitative estimate of drug-likeness (QED) is 0.662. The number of carbonyl (C=O) groups is 2. The number of nitrogens with zero attached hydrogens (tertiary/aromatic N) is 3. The zero-order valence-corrected chi connectivity index (χ0v) is 19.4. The molecule has 2 aromatic carbocycles. The number of hydrogen-bond donors (Lipinski definition) is 0. The molecule has 0 N–H and O–H groups in total. The van der Waals surface area contributed by atoms with Crippen molar-refractivity contribution in [1.29, 1.82) is 0 Å². The Hall–Kier alpha value is -2.54. The van der Waals surface area contributed by atoms with Crippen molar-refractivity contribution in [2.24, 2.45) is 5.92 Å². The summed E-state index contributed by atoms with van der Waals surface area (Å²) in [6.07, 6.45) is 1.47. The van der Waals surface area contributed by atoms with E-state index in [2.05, 4.69) is 26.9 Å². The first-order valence-corrected chi connectivity index (χ1v) is 11.6. The van der Waals surface area contributed by atoms with Crippen LogP contribution in [0.15, 0.2) is 53.0 Å². The van der Waals surface area contributed by atoms with E-state index in [-0.39, 0.29) is 17.7 Å². The normalized spacial score (nSPS) is 17.5. The number of hydrogen-bond acceptors (Lipinski definition) is 4. The summed E-state index contributed by atoms with van der Waals surface area (Å²) in [7, 11) is 1.67. The Balaban J connectivity index is 1.27. The third-order valence-corrected chi connectivity index (χ3v) is 6.76. The maximum atomic E-state index is 13.1. The lowest BCUT2D eigenvalue weighted by atomic mass is 9.94. The first-order valence-electron chi connectivity index (χ1n) is 10.8. The molecule has 2 amide bonds. The van der Waals surface area contributed by atoms with Gasteiger partial charge in [0.05, 0.1) is 7.11 Å². The number of ether oxygens (including phenoxy) is 1. The van der Waals surface area contributed by atoms with E-state index in [4.69, 9.17) is 4.74 Å². The molecule has 164 valence electrons. The molecule has 0 aliphatic carbocycles. The average molecular weight is 486 g/mol. The van der Waals surface area contributed by atoms with Crippen LogP contribution >= 0.6 is 15.9 Å². The molecule has 0 aromatic heterocycles. The van der Waals surface area contributed by atoms with E-state index < -0.39 is 0 Å². The Bertz CT molecular complexity index is 918. The molecule has 2 aliphatic rings. The number of methoxy groups -OCH3 is 1. The first kappa shape index (κ1) is 21.7. The number of amides is 2. The van der Waals surface area contributed by atoms with Gasteiger partial charge in [0.25, 0.3) is 5.91 Å². The van der Waals surface area contributed by atoms with Crippen molar-refractivity contribution >= 4 is 33.4 Å². The fourth-order valence-electron chi connectivity index (χ4n) is 4.35. The van der Waals surface area contributed by atoms with Gasteiger partial charge in [-0.3, -0.25) is 9.59 Å². The summed E-state index contributed by atoms with van der Waals surface area (Å²) >= 11 is 3.40. The first-order chi connectivity index (χ1) is 15.0. The van der Waals surface area contributed by atoms with Gasteiger partial charge in [0.1, 0.15) is 5.75 Å². The highest BCUT2D eigenvalue weighted by Crippen LogP contribution is 2.25. The molecule has 0 unspecified atom stereocenters. The van der Waals surface area contributed by atoms with Gasteiger partial charge in [-0.1, -0.05) is 22.0 Å². The minimum Gasteiger partial charge on any atom is -0.497 e. The summed E-state index contributed by atoms with van der Waals surface area (Å²) < 4.78 is 6.28. The summed E-state index contributed by atoms with van der Waals surface area (Å²) in [5, 5.41) is 0. The SMILES string of the molecule is COc1cccc(N2CCN(C(=O)C3CCN(C(=O)c4ccc(Br)cc4)CC3)CC2)c1. The van der Waals surface area contributed by atoms with Gasteiger partial charge in [-0.2, -0.15) is 0 Å². The molecule has 0 saturated carbocycles. The van der Waals surface area contributed by atoms with Crippen LogP contribution in [-0.4, -0.2) is 68.0 Å². The van der Waals surface area contributed by atoms with E-state index in [1.807, 2.05) is 52.3 Å². The molecule has 2 saturated heterocycles. The molecule has 0 radical (unpaired) electrons. The minimum absolute atomic E-state index is 0.0114. The highest BCUT2D eigenvalue weighted by Gasteiger charge is 2.32. The Labute approximate surface area is 191 Å². The summed E-state index contributed by atoms with van der Waals surface area (Å²) in [4.78, 5) is 31.9. The lowest BCUT2D eigenvalue weighted by Gasteiger charge is -2.39. The van der Waals surface area contributed by atoms with Crippen LogP contribution < -0.4 is 9.64 Å².